The van der Waals surface area contributed by atoms with Crippen molar-refractivity contribution in [3.63, 3.8) is 0 Å². The number of carbonyl (C=O) groups is 1. The van der Waals surface area contributed by atoms with Crippen LogP contribution in [0.15, 0.2) is 12.7 Å². The molecule has 1 unspecified atom stereocenters. The van der Waals surface area contributed by atoms with Gasteiger partial charge in [-0.05, 0) is 0 Å². The summed E-state index contributed by atoms with van der Waals surface area (Å²) in [6.45, 7) is 5.07. The molecule has 0 spiro atoms. The largest absolute Gasteiger partial charge is 0.394 e. The predicted molar refractivity (Wildman–Crippen MR) is 48.2 cm³/mol. The van der Waals surface area contributed by atoms with Crippen molar-refractivity contribution in [3.8, 4) is 0 Å². The van der Waals surface area contributed by atoms with Crippen molar-refractivity contribution in [2.45, 2.75) is 12.5 Å². The Morgan fingerprint density at radius 1 is 1.69 bits per heavy atom. The fourth-order valence-corrected chi connectivity index (χ4v) is 1.31. The highest BCUT2D eigenvalue weighted by Gasteiger charge is 2.32. The lowest BCUT2D eigenvalue weighted by atomic mass is 10.0. The van der Waals surface area contributed by atoms with Gasteiger partial charge >= 0.3 is 0 Å². The van der Waals surface area contributed by atoms with Crippen LogP contribution in [-0.2, 0) is 9.53 Å². The first-order valence-electron chi connectivity index (χ1n) is 4.40. The van der Waals surface area contributed by atoms with Gasteiger partial charge in [-0.3, -0.25) is 4.79 Å². The number of hydrogen-bond acceptors (Lipinski definition) is 3. The molecule has 1 aliphatic heterocycles. The molecule has 0 radical (unpaired) electrons. The van der Waals surface area contributed by atoms with Crippen LogP contribution in [0.4, 0.5) is 0 Å². The summed E-state index contributed by atoms with van der Waals surface area (Å²) in [6.07, 6.45) is 2.34. The second-order valence-electron chi connectivity index (χ2n) is 2.93. The number of carbonyl (C=O) groups excluding carboxylic acids is 1. The van der Waals surface area contributed by atoms with Gasteiger partial charge in [0, 0.05) is 6.54 Å². The molecular weight excluding hydrogens is 170 g/mol. The van der Waals surface area contributed by atoms with Gasteiger partial charge in [0.15, 0.2) is 0 Å². The minimum absolute atomic E-state index is 0.0266. The zero-order valence-corrected chi connectivity index (χ0v) is 7.61. The molecule has 1 rings (SSSR count). The molecule has 1 fully saturated rings. The standard InChI is InChI=1S/C9H15NO3/c1-2-8-7-9(12)10(8)3-5-13-6-4-11/h2,8,11H,1,3-7H2. The van der Waals surface area contributed by atoms with Gasteiger partial charge in [0.2, 0.25) is 5.91 Å². The molecule has 0 saturated carbocycles. The minimum Gasteiger partial charge on any atom is -0.394 e. The number of ether oxygens (including phenoxy) is 1. The average molecular weight is 185 g/mol. The Morgan fingerprint density at radius 3 is 3.00 bits per heavy atom. The predicted octanol–water partition coefficient (Wildman–Crippen LogP) is -0.218. The van der Waals surface area contributed by atoms with E-state index in [1.165, 1.54) is 0 Å². The second-order valence-corrected chi connectivity index (χ2v) is 2.93. The number of likely N-dealkylation sites (tertiary alicyclic amines) is 1. The molecule has 0 bridgehead atoms. The molecule has 0 aromatic heterocycles. The third-order valence-corrected chi connectivity index (χ3v) is 2.09. The van der Waals surface area contributed by atoms with Gasteiger partial charge in [0.25, 0.3) is 0 Å². The maximum absolute atomic E-state index is 11.0. The molecule has 1 saturated heterocycles. The minimum atomic E-state index is 0.0266. The molecule has 13 heavy (non-hydrogen) atoms. The molecule has 1 N–H and O–H groups in total. The van der Waals surface area contributed by atoms with Crippen molar-refractivity contribution < 1.29 is 14.6 Å². The molecule has 1 heterocycles. The van der Waals surface area contributed by atoms with E-state index in [4.69, 9.17) is 9.84 Å². The summed E-state index contributed by atoms with van der Waals surface area (Å²) < 4.78 is 5.05. The van der Waals surface area contributed by atoms with E-state index in [2.05, 4.69) is 6.58 Å². The molecular formula is C9H15NO3. The SMILES string of the molecule is C=CC1CC(=O)N1CCOCCO. The van der Waals surface area contributed by atoms with Crippen LogP contribution in [0, 0.1) is 0 Å². The zero-order valence-electron chi connectivity index (χ0n) is 7.61. The van der Waals surface area contributed by atoms with Crippen LogP contribution in [0.5, 0.6) is 0 Å². The van der Waals surface area contributed by atoms with Gasteiger partial charge in [-0.25, -0.2) is 0 Å². The summed E-state index contributed by atoms with van der Waals surface area (Å²) in [5.74, 6) is 0.150. The summed E-state index contributed by atoms with van der Waals surface area (Å²) >= 11 is 0. The van der Waals surface area contributed by atoms with Crippen LogP contribution in [-0.4, -0.2) is 48.3 Å². The lowest BCUT2D eigenvalue weighted by Crippen LogP contribution is -2.52. The van der Waals surface area contributed by atoms with E-state index in [9.17, 15) is 4.79 Å². The van der Waals surface area contributed by atoms with Crippen LogP contribution < -0.4 is 0 Å². The Bertz CT molecular complexity index is 193. The van der Waals surface area contributed by atoms with E-state index in [1.54, 1.807) is 11.0 Å². The lowest BCUT2D eigenvalue weighted by Gasteiger charge is -2.38. The van der Waals surface area contributed by atoms with Crippen molar-refractivity contribution in [2.75, 3.05) is 26.4 Å². The third-order valence-electron chi connectivity index (χ3n) is 2.09. The Hall–Kier alpha value is -0.870. The maximum Gasteiger partial charge on any atom is 0.225 e. The quantitative estimate of drug-likeness (QED) is 0.353. The second kappa shape index (κ2) is 4.99. The van der Waals surface area contributed by atoms with E-state index in [0.717, 1.165) is 0 Å². The lowest BCUT2D eigenvalue weighted by molar-refractivity contribution is -0.144. The fourth-order valence-electron chi connectivity index (χ4n) is 1.31. The molecule has 74 valence electrons. The van der Waals surface area contributed by atoms with Crippen molar-refractivity contribution >= 4 is 5.91 Å². The Labute approximate surface area is 77.8 Å². The van der Waals surface area contributed by atoms with Crippen molar-refractivity contribution in [1.29, 1.82) is 0 Å². The summed E-state index contributed by atoms with van der Waals surface area (Å²) in [5.41, 5.74) is 0. The van der Waals surface area contributed by atoms with E-state index in [1.807, 2.05) is 0 Å². The Morgan fingerprint density at radius 2 is 2.46 bits per heavy atom. The Kier molecular flexibility index (Phi) is 3.92. The van der Waals surface area contributed by atoms with Crippen LogP contribution >= 0.6 is 0 Å². The highest BCUT2D eigenvalue weighted by molar-refractivity contribution is 5.83. The fraction of sp³-hybridized carbons (Fsp3) is 0.667. The van der Waals surface area contributed by atoms with E-state index in [-0.39, 0.29) is 18.6 Å². The molecule has 4 heteroatoms. The van der Waals surface area contributed by atoms with Gasteiger partial charge in [-0.2, -0.15) is 0 Å². The number of nitrogens with zero attached hydrogens (tertiary/aromatic N) is 1. The average Bonchev–Trinajstić information content (AvgIpc) is 2.13. The summed E-state index contributed by atoms with van der Waals surface area (Å²) in [7, 11) is 0. The number of aliphatic hydroxyl groups excluding tert-OH is 1. The number of aliphatic hydroxyl groups is 1. The first kappa shape index (κ1) is 10.2. The van der Waals surface area contributed by atoms with Gasteiger partial charge in [-0.15, -0.1) is 6.58 Å². The van der Waals surface area contributed by atoms with Gasteiger partial charge < -0.3 is 14.7 Å². The van der Waals surface area contributed by atoms with Crippen molar-refractivity contribution in [3.05, 3.63) is 12.7 Å². The van der Waals surface area contributed by atoms with Crippen LogP contribution in [0.25, 0.3) is 0 Å². The number of hydrogen-bond donors (Lipinski definition) is 1. The first-order chi connectivity index (χ1) is 6.29. The van der Waals surface area contributed by atoms with Gasteiger partial charge in [-0.1, -0.05) is 6.08 Å². The van der Waals surface area contributed by atoms with E-state index in [0.29, 0.717) is 26.2 Å². The number of rotatable bonds is 6. The highest BCUT2D eigenvalue weighted by atomic mass is 16.5. The van der Waals surface area contributed by atoms with Gasteiger partial charge in [0.05, 0.1) is 32.3 Å². The van der Waals surface area contributed by atoms with Crippen LogP contribution in [0.2, 0.25) is 0 Å². The molecule has 0 aromatic rings. The van der Waals surface area contributed by atoms with E-state index >= 15 is 0 Å². The maximum atomic E-state index is 11.0. The molecule has 1 amide bonds. The van der Waals surface area contributed by atoms with Crippen molar-refractivity contribution in [2.24, 2.45) is 0 Å². The molecule has 0 aromatic carbocycles. The van der Waals surface area contributed by atoms with Crippen molar-refractivity contribution in [1.82, 2.24) is 4.90 Å². The number of amides is 1. The summed E-state index contributed by atoms with van der Waals surface area (Å²) in [6, 6.07) is 0.185. The summed E-state index contributed by atoms with van der Waals surface area (Å²) in [5, 5.41) is 8.43. The summed E-state index contributed by atoms with van der Waals surface area (Å²) in [4.78, 5) is 12.8. The molecule has 4 nitrogen and oxygen atoms in total. The van der Waals surface area contributed by atoms with E-state index < -0.39 is 0 Å². The monoisotopic (exact) mass is 185 g/mol. The smallest absolute Gasteiger partial charge is 0.225 e. The molecule has 0 aliphatic carbocycles. The first-order valence-corrected chi connectivity index (χ1v) is 4.40. The topological polar surface area (TPSA) is 49.8 Å². The molecule has 1 aliphatic rings. The normalized spacial score (nSPS) is 21.5. The van der Waals surface area contributed by atoms with Crippen LogP contribution in [0.3, 0.4) is 0 Å². The number of β-lactam (4-membered cyclic amide) rings is 1. The van der Waals surface area contributed by atoms with Gasteiger partial charge in [0.1, 0.15) is 0 Å². The highest BCUT2D eigenvalue weighted by Crippen LogP contribution is 2.18. The molecule has 1 atom stereocenters. The zero-order chi connectivity index (χ0) is 9.68. The Balaban J connectivity index is 2.12. The third kappa shape index (κ3) is 2.54. The van der Waals surface area contributed by atoms with Crippen LogP contribution in [0.1, 0.15) is 6.42 Å².